The van der Waals surface area contributed by atoms with Gasteiger partial charge in [0.05, 0.1) is 22.1 Å². The van der Waals surface area contributed by atoms with Crippen LogP contribution in [-0.4, -0.2) is 45.3 Å². The number of aliphatic hydroxyl groups is 1. The largest absolute Gasteiger partial charge is 0.381 e. The fraction of sp³-hybridized carbons (Fsp3) is 0.429. The molecule has 4 atom stereocenters. The van der Waals surface area contributed by atoms with Crippen molar-refractivity contribution in [2.24, 2.45) is 5.92 Å². The van der Waals surface area contributed by atoms with E-state index in [2.05, 4.69) is 10.6 Å². The number of fused-ring (bicyclic) bond motifs is 5. The van der Waals surface area contributed by atoms with Crippen LogP contribution in [-0.2, 0) is 25.7 Å². The molecule has 1 aromatic heterocycles. The number of hydrogen-bond acceptors (Lipinski definition) is 7. The third-order valence-electron chi connectivity index (χ3n) is 8.29. The minimum Gasteiger partial charge on any atom is -0.381 e. The van der Waals surface area contributed by atoms with Crippen LogP contribution in [0.2, 0.25) is 0 Å². The number of aromatic nitrogens is 2. The van der Waals surface area contributed by atoms with E-state index in [1.165, 1.54) is 11.7 Å². The van der Waals surface area contributed by atoms with Crippen LogP contribution < -0.4 is 21.1 Å². The molecule has 3 N–H and O–H groups in total. The van der Waals surface area contributed by atoms with Gasteiger partial charge in [-0.15, -0.1) is 0 Å². The number of benzene rings is 2. The summed E-state index contributed by atoms with van der Waals surface area (Å²) in [6.07, 6.45) is -0.986. The molecule has 2 aromatic carbocycles. The molecule has 38 heavy (non-hydrogen) atoms. The Balaban J connectivity index is 1.57. The van der Waals surface area contributed by atoms with Crippen molar-refractivity contribution in [2.45, 2.75) is 63.2 Å². The van der Waals surface area contributed by atoms with E-state index in [1.54, 1.807) is 67.3 Å². The van der Waals surface area contributed by atoms with Crippen LogP contribution in [0.1, 0.15) is 51.5 Å². The second-order valence-corrected chi connectivity index (χ2v) is 11.2. The molecular formula is C28H31N5O5. The number of hydrogen-bond donors (Lipinski definition) is 3. The molecule has 3 aromatic rings. The fourth-order valence-corrected chi connectivity index (χ4v) is 6.28. The summed E-state index contributed by atoms with van der Waals surface area (Å²) in [5.74, 6) is -0.647. The van der Waals surface area contributed by atoms with E-state index < -0.39 is 40.5 Å². The lowest BCUT2D eigenvalue weighted by atomic mass is 9.84. The highest BCUT2D eigenvalue weighted by molar-refractivity contribution is 6.05. The van der Waals surface area contributed by atoms with Gasteiger partial charge in [0.2, 0.25) is 17.5 Å². The summed E-state index contributed by atoms with van der Waals surface area (Å²) in [6.45, 7) is 7.28. The first kappa shape index (κ1) is 24.7. The van der Waals surface area contributed by atoms with Crippen molar-refractivity contribution in [3.63, 3.8) is 0 Å². The summed E-state index contributed by atoms with van der Waals surface area (Å²) in [4.78, 5) is 47.5. The standard InChI is InChI=1S/C28H31N5O5/c1-15(2)28(38-5)24-29-18-12-8-6-10-16(18)22(35)32(24)20(21(34)30-28)14-27(37)17-11-7-9-13-19(17)33-23(27)31-26(3,4)25(33)36/h6-13,15,20,23,31,37H,14H2,1-5H3,(H,30,34). The number of rotatable bonds is 4. The van der Waals surface area contributed by atoms with Gasteiger partial charge >= 0.3 is 0 Å². The highest BCUT2D eigenvalue weighted by atomic mass is 16.5. The van der Waals surface area contributed by atoms with E-state index >= 15 is 0 Å². The zero-order valence-electron chi connectivity index (χ0n) is 22.0. The Morgan fingerprint density at radius 2 is 1.76 bits per heavy atom. The summed E-state index contributed by atoms with van der Waals surface area (Å²) in [5.41, 5.74) is -2.74. The van der Waals surface area contributed by atoms with Crippen LogP contribution >= 0.6 is 0 Å². The molecule has 6 rings (SSSR count). The van der Waals surface area contributed by atoms with Gasteiger partial charge in [-0.1, -0.05) is 44.2 Å². The lowest BCUT2D eigenvalue weighted by Gasteiger charge is -2.45. The Hall–Kier alpha value is -3.60. The van der Waals surface area contributed by atoms with Gasteiger partial charge < -0.3 is 15.2 Å². The van der Waals surface area contributed by atoms with Crippen LogP contribution in [0, 0.1) is 5.92 Å². The van der Waals surface area contributed by atoms with E-state index in [4.69, 9.17) is 9.72 Å². The Morgan fingerprint density at radius 3 is 2.47 bits per heavy atom. The monoisotopic (exact) mass is 517 g/mol. The molecule has 0 bridgehead atoms. The molecule has 0 spiro atoms. The SMILES string of the molecule is COC1(C(C)C)NC(=O)C(CC2(O)c3ccccc3N3C(=O)C(C)(C)NC32)n2c1nc1ccccc1c2=O. The Kier molecular flexibility index (Phi) is 5.17. The fourth-order valence-electron chi connectivity index (χ4n) is 6.28. The molecule has 1 fully saturated rings. The third kappa shape index (κ3) is 3.05. The predicted molar refractivity (Wildman–Crippen MR) is 140 cm³/mol. The maximum absolute atomic E-state index is 14.0. The number of carbonyl (C=O) groups excluding carboxylic acids is 2. The molecule has 4 unspecified atom stereocenters. The zero-order valence-corrected chi connectivity index (χ0v) is 22.0. The number of nitrogens with one attached hydrogen (secondary N) is 2. The molecule has 1 saturated heterocycles. The van der Waals surface area contributed by atoms with Crippen molar-refractivity contribution in [1.82, 2.24) is 20.2 Å². The number of anilines is 1. The molecule has 198 valence electrons. The van der Waals surface area contributed by atoms with Crippen molar-refractivity contribution in [3.8, 4) is 0 Å². The van der Waals surface area contributed by atoms with Gasteiger partial charge in [0.25, 0.3) is 5.56 Å². The molecule has 3 aliphatic heterocycles. The van der Waals surface area contributed by atoms with Gasteiger partial charge in [-0.2, -0.15) is 0 Å². The van der Waals surface area contributed by atoms with Crippen molar-refractivity contribution in [2.75, 3.05) is 12.0 Å². The van der Waals surface area contributed by atoms with Crippen LogP contribution in [0.15, 0.2) is 53.3 Å². The van der Waals surface area contributed by atoms with Crippen LogP contribution in [0.25, 0.3) is 10.9 Å². The van der Waals surface area contributed by atoms with Gasteiger partial charge in [-0.05, 0) is 32.0 Å². The van der Waals surface area contributed by atoms with E-state index in [0.29, 0.717) is 22.2 Å². The van der Waals surface area contributed by atoms with Crippen molar-refractivity contribution < 1.29 is 19.4 Å². The van der Waals surface area contributed by atoms with Crippen molar-refractivity contribution in [3.05, 3.63) is 70.3 Å². The predicted octanol–water partition coefficient (Wildman–Crippen LogP) is 1.85. The Bertz CT molecular complexity index is 1560. The minimum absolute atomic E-state index is 0.168. The van der Waals surface area contributed by atoms with Gasteiger partial charge in [-0.3, -0.25) is 29.2 Å². The summed E-state index contributed by atoms with van der Waals surface area (Å²) >= 11 is 0. The molecule has 10 nitrogen and oxygen atoms in total. The number of ether oxygens (including phenoxy) is 1. The summed E-state index contributed by atoms with van der Waals surface area (Å²) < 4.78 is 7.24. The van der Waals surface area contributed by atoms with Crippen LogP contribution in [0.4, 0.5) is 5.69 Å². The molecule has 0 radical (unpaired) electrons. The van der Waals surface area contributed by atoms with Crippen molar-refractivity contribution in [1.29, 1.82) is 0 Å². The van der Waals surface area contributed by atoms with Gasteiger partial charge in [0, 0.05) is 25.0 Å². The lowest BCUT2D eigenvalue weighted by molar-refractivity contribution is -0.154. The average molecular weight is 518 g/mol. The molecule has 0 saturated carbocycles. The molecule has 2 amide bonds. The average Bonchev–Trinajstić information content (AvgIpc) is 3.27. The maximum atomic E-state index is 14.0. The number of nitrogens with zero attached hydrogens (tertiary/aromatic N) is 3. The smallest absolute Gasteiger partial charge is 0.262 e. The topological polar surface area (TPSA) is 126 Å². The third-order valence-corrected chi connectivity index (χ3v) is 8.29. The Morgan fingerprint density at radius 1 is 1.08 bits per heavy atom. The first-order valence-electron chi connectivity index (χ1n) is 12.8. The van der Waals surface area contributed by atoms with Gasteiger partial charge in [0.1, 0.15) is 17.8 Å². The second-order valence-electron chi connectivity index (χ2n) is 11.2. The van der Waals surface area contributed by atoms with Crippen LogP contribution in [0.5, 0.6) is 0 Å². The summed E-state index contributed by atoms with van der Waals surface area (Å²) in [7, 11) is 1.47. The molecule has 4 heterocycles. The quantitative estimate of drug-likeness (QED) is 0.482. The van der Waals surface area contributed by atoms with Gasteiger partial charge in [0.15, 0.2) is 5.82 Å². The number of para-hydroxylation sites is 2. The first-order valence-corrected chi connectivity index (χ1v) is 12.8. The summed E-state index contributed by atoms with van der Waals surface area (Å²) in [5, 5.41) is 19.0. The molecule has 3 aliphatic rings. The second kappa shape index (κ2) is 7.95. The number of methoxy groups -OCH3 is 1. The van der Waals surface area contributed by atoms with Gasteiger partial charge in [-0.25, -0.2) is 4.98 Å². The van der Waals surface area contributed by atoms with E-state index in [9.17, 15) is 19.5 Å². The highest BCUT2D eigenvalue weighted by Gasteiger charge is 2.62. The number of amides is 2. The number of carbonyl (C=O) groups is 2. The van der Waals surface area contributed by atoms with E-state index in [0.717, 1.165) is 0 Å². The molecular weight excluding hydrogens is 486 g/mol. The van der Waals surface area contributed by atoms with Crippen molar-refractivity contribution >= 4 is 28.4 Å². The van der Waals surface area contributed by atoms with E-state index in [1.807, 2.05) is 13.8 Å². The lowest BCUT2D eigenvalue weighted by Crippen LogP contribution is -2.62. The maximum Gasteiger partial charge on any atom is 0.262 e. The zero-order chi connectivity index (χ0) is 27.2. The highest BCUT2D eigenvalue weighted by Crippen LogP contribution is 2.51. The summed E-state index contributed by atoms with van der Waals surface area (Å²) in [6, 6.07) is 13.0. The van der Waals surface area contributed by atoms with E-state index in [-0.39, 0.29) is 24.1 Å². The molecule has 0 aliphatic carbocycles. The minimum atomic E-state index is -1.67. The Labute approximate surface area is 219 Å². The first-order chi connectivity index (χ1) is 18.0. The normalized spacial score (nSPS) is 29.4. The molecule has 10 heteroatoms. The van der Waals surface area contributed by atoms with Crippen LogP contribution in [0.3, 0.4) is 0 Å².